The Kier molecular flexibility index (Phi) is 14.1. The molecule has 0 unspecified atom stereocenters. The standard InChI is InChI=1S/C20H34S.6CH3.2Sn/c1-3-5-7-9-11-13-15-19-17-21-18-20(19)16-14-12-10-8-6-4-2;;;;;;;;/h3-16H2,1-2H3;6*1H3;;. The maximum atomic E-state index is 2.65. The summed E-state index contributed by atoms with van der Waals surface area (Å²) in [5.74, 6) is 0. The van der Waals surface area contributed by atoms with Gasteiger partial charge in [0.15, 0.2) is 0 Å². The Morgan fingerprint density at radius 3 is 1.10 bits per heavy atom. The number of hydrogen-bond acceptors (Lipinski definition) is 1. The predicted octanol–water partition coefficient (Wildman–Crippen LogP) is 8.64. The molecule has 0 fully saturated rings. The first-order valence-electron chi connectivity index (χ1n) is 12.8. The molecule has 0 bridgehead atoms. The van der Waals surface area contributed by atoms with Crippen LogP contribution in [0.15, 0.2) is 0 Å². The second-order valence-electron chi connectivity index (χ2n) is 11.3. The van der Waals surface area contributed by atoms with Crippen molar-refractivity contribution in [2.75, 3.05) is 0 Å². The molecule has 0 aliphatic heterocycles. The molecule has 0 aromatic carbocycles. The Bertz CT molecular complexity index is 512. The minimum absolute atomic E-state index is 1.36. The summed E-state index contributed by atoms with van der Waals surface area (Å²) >= 11 is -1.79. The van der Waals surface area contributed by atoms with E-state index in [1.165, 1.54) is 89.9 Å². The van der Waals surface area contributed by atoms with E-state index in [0.29, 0.717) is 0 Å². The van der Waals surface area contributed by atoms with Crippen LogP contribution in [-0.4, -0.2) is 36.8 Å². The van der Waals surface area contributed by atoms with Gasteiger partial charge in [-0.05, 0) is 0 Å². The van der Waals surface area contributed by atoms with Crippen molar-refractivity contribution in [3.05, 3.63) is 11.1 Å². The van der Waals surface area contributed by atoms with Crippen LogP contribution in [0, 0.1) is 0 Å². The molecule has 0 N–H and O–H groups in total. The van der Waals surface area contributed by atoms with E-state index in [4.69, 9.17) is 0 Å². The summed E-state index contributed by atoms with van der Waals surface area (Å²) in [5, 5.41) is 0. The van der Waals surface area contributed by atoms with Crippen LogP contribution in [0.1, 0.15) is 102 Å². The van der Waals surface area contributed by atoms with E-state index < -0.39 is 36.8 Å². The van der Waals surface area contributed by atoms with Gasteiger partial charge in [0.2, 0.25) is 0 Å². The van der Waals surface area contributed by atoms with Crippen LogP contribution in [0.25, 0.3) is 0 Å². The predicted molar refractivity (Wildman–Crippen MR) is 144 cm³/mol. The number of thiophene rings is 1. The topological polar surface area (TPSA) is 0 Å². The molecule has 170 valence electrons. The quantitative estimate of drug-likeness (QED) is 0.126. The van der Waals surface area contributed by atoms with Crippen LogP contribution in [0.2, 0.25) is 29.6 Å². The van der Waals surface area contributed by atoms with Crippen LogP contribution >= 0.6 is 11.3 Å². The fourth-order valence-corrected chi connectivity index (χ4v) is 22.1. The van der Waals surface area contributed by atoms with Gasteiger partial charge >= 0.3 is 198 Å². The van der Waals surface area contributed by atoms with Crippen molar-refractivity contribution in [1.29, 1.82) is 0 Å². The molecule has 0 saturated carbocycles. The van der Waals surface area contributed by atoms with Gasteiger partial charge in [-0.1, -0.05) is 0 Å². The van der Waals surface area contributed by atoms with Gasteiger partial charge < -0.3 is 0 Å². The first kappa shape index (κ1) is 28.3. The second kappa shape index (κ2) is 14.4. The SMILES string of the molecule is CCCCCCCCc1[c]([Sn]([CH3])([CH3])[CH3])s[c]([Sn]([CH3])([CH3])[CH3])c1CCCCCCCC. The molecule has 1 aromatic rings. The van der Waals surface area contributed by atoms with Crippen molar-refractivity contribution in [1.82, 2.24) is 0 Å². The van der Waals surface area contributed by atoms with E-state index in [1.54, 1.807) is 0 Å². The molecule has 0 atom stereocenters. The number of unbranched alkanes of at least 4 members (excludes halogenated alkanes) is 10. The van der Waals surface area contributed by atoms with Gasteiger partial charge in [0, 0.05) is 0 Å². The molecule has 1 aromatic heterocycles. The van der Waals surface area contributed by atoms with Crippen molar-refractivity contribution in [3.8, 4) is 0 Å². The molecule has 0 saturated heterocycles. The van der Waals surface area contributed by atoms with Crippen molar-refractivity contribution in [3.63, 3.8) is 0 Å². The Morgan fingerprint density at radius 1 is 0.483 bits per heavy atom. The molecule has 0 aliphatic rings. The Labute approximate surface area is 196 Å². The van der Waals surface area contributed by atoms with Gasteiger partial charge in [-0.15, -0.1) is 0 Å². The summed E-state index contributed by atoms with van der Waals surface area (Å²) in [6, 6.07) is 0. The van der Waals surface area contributed by atoms with Crippen LogP contribution in [0.3, 0.4) is 0 Å². The second-order valence-corrected chi connectivity index (χ2v) is 42.9. The van der Waals surface area contributed by atoms with E-state index in [2.05, 4.69) is 54.8 Å². The fraction of sp³-hybridized carbons (Fsp3) is 0.846. The van der Waals surface area contributed by atoms with E-state index in [9.17, 15) is 0 Å². The van der Waals surface area contributed by atoms with Crippen LogP contribution in [-0.2, 0) is 12.8 Å². The third kappa shape index (κ3) is 10.6. The minimum atomic E-state index is -2.06. The van der Waals surface area contributed by atoms with E-state index in [0.717, 1.165) is 0 Å². The summed E-state index contributed by atoms with van der Waals surface area (Å²) in [6.45, 7) is 4.64. The van der Waals surface area contributed by atoms with Crippen LogP contribution < -0.4 is 5.79 Å². The zero-order valence-corrected chi connectivity index (χ0v) is 27.8. The molecule has 1 heterocycles. The van der Waals surface area contributed by atoms with E-state index >= 15 is 0 Å². The average Bonchev–Trinajstić information content (AvgIpc) is 3.00. The Morgan fingerprint density at radius 2 is 0.793 bits per heavy atom. The fourth-order valence-electron chi connectivity index (χ4n) is 4.40. The first-order chi connectivity index (χ1) is 13.6. The average molecular weight is 634 g/mol. The first-order valence-corrected chi connectivity index (χ1v) is 33.6. The van der Waals surface area contributed by atoms with E-state index in [1.807, 2.05) is 16.9 Å². The molecule has 1 rings (SSSR count). The van der Waals surface area contributed by atoms with E-state index in [-0.39, 0.29) is 0 Å². The molecule has 3 heteroatoms. The van der Waals surface area contributed by atoms with Gasteiger partial charge in [0.1, 0.15) is 0 Å². The molecular formula is C26H52SSn2. The monoisotopic (exact) mass is 636 g/mol. The molecule has 29 heavy (non-hydrogen) atoms. The Hall–Kier alpha value is 1.30. The van der Waals surface area contributed by atoms with Crippen molar-refractivity contribution >= 4 is 53.9 Å². The summed E-state index contributed by atoms with van der Waals surface area (Å²) in [4.78, 5) is 15.9. The third-order valence-electron chi connectivity index (χ3n) is 6.04. The zero-order valence-electron chi connectivity index (χ0n) is 21.3. The zero-order chi connectivity index (χ0) is 21.9. The normalized spacial score (nSPS) is 12.7. The molecular weight excluding hydrogens is 582 g/mol. The van der Waals surface area contributed by atoms with Gasteiger partial charge in [0.25, 0.3) is 0 Å². The van der Waals surface area contributed by atoms with Gasteiger partial charge in [0.05, 0.1) is 0 Å². The van der Waals surface area contributed by atoms with Crippen molar-refractivity contribution < 1.29 is 0 Å². The number of rotatable bonds is 16. The van der Waals surface area contributed by atoms with Crippen LogP contribution in [0.4, 0.5) is 0 Å². The van der Waals surface area contributed by atoms with Crippen molar-refractivity contribution in [2.24, 2.45) is 0 Å². The Balaban J connectivity index is 2.95. The summed E-state index contributed by atoms with van der Waals surface area (Å²) in [5.41, 5.74) is 3.79. The molecule has 0 radical (unpaired) electrons. The van der Waals surface area contributed by atoms with Crippen molar-refractivity contribution in [2.45, 2.75) is 133 Å². The van der Waals surface area contributed by atoms with Crippen LogP contribution in [0.5, 0.6) is 0 Å². The summed E-state index contributed by atoms with van der Waals surface area (Å²) in [7, 11) is 0. The maximum absolute atomic E-state index is 2.65. The summed E-state index contributed by atoms with van der Waals surface area (Å²) < 4.78 is 3.88. The van der Waals surface area contributed by atoms with Gasteiger partial charge in [-0.2, -0.15) is 0 Å². The third-order valence-corrected chi connectivity index (χ3v) is 26.4. The number of hydrogen-bond donors (Lipinski definition) is 0. The molecule has 0 nitrogen and oxygen atoms in total. The molecule has 0 amide bonds. The molecule has 0 spiro atoms. The van der Waals surface area contributed by atoms with Gasteiger partial charge in [-0.3, -0.25) is 0 Å². The molecule has 0 aliphatic carbocycles. The van der Waals surface area contributed by atoms with Gasteiger partial charge in [-0.25, -0.2) is 0 Å². The summed E-state index contributed by atoms with van der Waals surface area (Å²) in [6.07, 6.45) is 19.9.